The van der Waals surface area contributed by atoms with Crippen molar-refractivity contribution in [2.75, 3.05) is 18.4 Å². The van der Waals surface area contributed by atoms with Gasteiger partial charge in [-0.3, -0.25) is 0 Å². The van der Waals surface area contributed by atoms with Crippen molar-refractivity contribution in [1.82, 2.24) is 5.32 Å². The molecule has 1 aromatic carbocycles. The quantitative estimate of drug-likeness (QED) is 0.726. The summed E-state index contributed by atoms with van der Waals surface area (Å²) in [6, 6.07) is 9.12. The molecule has 2 nitrogen and oxygen atoms in total. The highest BCUT2D eigenvalue weighted by atomic mass is 14.9. The zero-order valence-electron chi connectivity index (χ0n) is 10.4. The van der Waals surface area contributed by atoms with Gasteiger partial charge in [-0.1, -0.05) is 29.8 Å². The van der Waals surface area contributed by atoms with Crippen LogP contribution in [0, 0.1) is 5.92 Å². The Bertz CT molecular complexity index is 542. The van der Waals surface area contributed by atoms with Gasteiger partial charge >= 0.3 is 0 Å². The van der Waals surface area contributed by atoms with E-state index in [4.69, 9.17) is 0 Å². The molecule has 0 bridgehead atoms. The summed E-state index contributed by atoms with van der Waals surface area (Å²) in [5, 5.41) is 7.18. The van der Waals surface area contributed by atoms with Crippen LogP contribution in [0.2, 0.25) is 0 Å². The number of piperidine rings is 1. The van der Waals surface area contributed by atoms with Crippen molar-refractivity contribution in [2.24, 2.45) is 5.92 Å². The molecule has 2 heterocycles. The number of anilines is 1. The lowest BCUT2D eigenvalue weighted by atomic mass is 9.77. The highest BCUT2D eigenvalue weighted by Gasteiger charge is 2.30. The molecule has 2 N–H and O–H groups in total. The van der Waals surface area contributed by atoms with E-state index < -0.39 is 0 Å². The third kappa shape index (κ3) is 1.60. The number of benzene rings is 1. The van der Waals surface area contributed by atoms with Crippen molar-refractivity contribution in [3.63, 3.8) is 0 Å². The molecule has 1 fully saturated rings. The largest absolute Gasteiger partial charge is 0.378 e. The summed E-state index contributed by atoms with van der Waals surface area (Å²) >= 11 is 0. The predicted octanol–water partition coefficient (Wildman–Crippen LogP) is 2.80. The minimum atomic E-state index is 0.520. The van der Waals surface area contributed by atoms with Crippen molar-refractivity contribution in [1.29, 1.82) is 0 Å². The Kier molecular flexibility index (Phi) is 2.30. The molecule has 2 atom stereocenters. The first-order chi connectivity index (χ1) is 8.90. The van der Waals surface area contributed by atoms with Gasteiger partial charge < -0.3 is 10.6 Å². The van der Waals surface area contributed by atoms with Crippen molar-refractivity contribution in [2.45, 2.75) is 18.9 Å². The Labute approximate surface area is 108 Å². The molecule has 18 heavy (non-hydrogen) atoms. The first kappa shape index (κ1) is 10.4. The maximum absolute atomic E-state index is 3.70. The normalized spacial score (nSPS) is 29.1. The number of rotatable bonds is 0. The summed E-state index contributed by atoms with van der Waals surface area (Å²) in [7, 11) is 0. The van der Waals surface area contributed by atoms with E-state index >= 15 is 0 Å². The van der Waals surface area contributed by atoms with Crippen LogP contribution >= 0.6 is 0 Å². The van der Waals surface area contributed by atoms with Gasteiger partial charge in [0.1, 0.15) is 0 Å². The van der Waals surface area contributed by atoms with Gasteiger partial charge in [0.15, 0.2) is 0 Å². The van der Waals surface area contributed by atoms with Gasteiger partial charge in [0.25, 0.3) is 0 Å². The highest BCUT2D eigenvalue weighted by molar-refractivity contribution is 5.75. The second kappa shape index (κ2) is 3.99. The number of para-hydroxylation sites is 1. The fourth-order valence-corrected chi connectivity index (χ4v) is 3.42. The lowest BCUT2D eigenvalue weighted by Crippen LogP contribution is -2.38. The number of fused-ring (bicyclic) bond motifs is 3. The predicted molar refractivity (Wildman–Crippen MR) is 75.5 cm³/mol. The Balaban J connectivity index is 1.76. The summed E-state index contributed by atoms with van der Waals surface area (Å²) in [5.41, 5.74) is 5.67. The minimum absolute atomic E-state index is 0.520. The summed E-state index contributed by atoms with van der Waals surface area (Å²) < 4.78 is 0. The van der Waals surface area contributed by atoms with Crippen LogP contribution in [0.15, 0.2) is 41.5 Å². The van der Waals surface area contributed by atoms with E-state index in [0.717, 1.165) is 12.5 Å². The molecule has 92 valence electrons. The molecule has 0 radical (unpaired) electrons. The summed E-state index contributed by atoms with van der Waals surface area (Å²) in [6.45, 7) is 2.25. The number of hydrogen-bond acceptors (Lipinski definition) is 2. The molecule has 0 amide bonds. The van der Waals surface area contributed by atoms with E-state index in [-0.39, 0.29) is 0 Å². The SMILES string of the molecule is C1=C2CNCCC2CC2Nc3ccccc3C=C12. The first-order valence-electron chi connectivity index (χ1n) is 6.88. The topological polar surface area (TPSA) is 24.1 Å². The second-order valence-corrected chi connectivity index (χ2v) is 5.55. The van der Waals surface area contributed by atoms with Gasteiger partial charge in [-0.25, -0.2) is 0 Å². The van der Waals surface area contributed by atoms with E-state index in [1.54, 1.807) is 5.57 Å². The van der Waals surface area contributed by atoms with Crippen molar-refractivity contribution < 1.29 is 0 Å². The minimum Gasteiger partial charge on any atom is -0.378 e. The molecule has 2 unspecified atom stereocenters. The number of nitrogens with one attached hydrogen (secondary N) is 2. The molecule has 3 aliphatic rings. The average molecular weight is 238 g/mol. The number of hydrogen-bond donors (Lipinski definition) is 2. The average Bonchev–Trinajstić information content (AvgIpc) is 2.42. The summed E-state index contributed by atoms with van der Waals surface area (Å²) in [6.07, 6.45) is 7.33. The van der Waals surface area contributed by atoms with Crippen LogP contribution in [0.25, 0.3) is 6.08 Å². The second-order valence-electron chi connectivity index (χ2n) is 5.55. The zero-order valence-corrected chi connectivity index (χ0v) is 10.4. The van der Waals surface area contributed by atoms with Gasteiger partial charge in [0, 0.05) is 12.2 Å². The van der Waals surface area contributed by atoms with Gasteiger partial charge in [-0.05, 0) is 48.6 Å². The fourth-order valence-electron chi connectivity index (χ4n) is 3.42. The molecule has 1 saturated heterocycles. The van der Waals surface area contributed by atoms with E-state index in [0.29, 0.717) is 6.04 Å². The van der Waals surface area contributed by atoms with Crippen LogP contribution in [-0.4, -0.2) is 19.1 Å². The molecule has 2 heteroatoms. The van der Waals surface area contributed by atoms with E-state index in [1.165, 1.54) is 36.2 Å². The maximum atomic E-state index is 3.70. The lowest BCUT2D eigenvalue weighted by molar-refractivity contribution is 0.418. The van der Waals surface area contributed by atoms with Gasteiger partial charge in [-0.2, -0.15) is 0 Å². The Morgan fingerprint density at radius 1 is 1.11 bits per heavy atom. The van der Waals surface area contributed by atoms with Crippen molar-refractivity contribution in [3.8, 4) is 0 Å². The van der Waals surface area contributed by atoms with E-state index in [1.807, 2.05) is 0 Å². The Morgan fingerprint density at radius 3 is 3.06 bits per heavy atom. The molecule has 2 aliphatic heterocycles. The van der Waals surface area contributed by atoms with Gasteiger partial charge in [-0.15, -0.1) is 0 Å². The molecular formula is C16H18N2. The standard InChI is InChI=1S/C16H18N2/c1-2-4-15-12(3-1)7-13-8-14-10-17-6-5-11(14)9-16(13)18-15/h1-4,7-8,11,16-18H,5-6,9-10H2. The molecule has 0 aromatic heterocycles. The van der Waals surface area contributed by atoms with Crippen LogP contribution in [0.5, 0.6) is 0 Å². The Hall–Kier alpha value is -1.54. The van der Waals surface area contributed by atoms with Crippen LogP contribution in [-0.2, 0) is 0 Å². The third-order valence-electron chi connectivity index (χ3n) is 4.41. The van der Waals surface area contributed by atoms with Crippen molar-refractivity contribution >= 4 is 11.8 Å². The third-order valence-corrected chi connectivity index (χ3v) is 4.41. The van der Waals surface area contributed by atoms with Crippen molar-refractivity contribution in [3.05, 3.63) is 47.1 Å². The highest BCUT2D eigenvalue weighted by Crippen LogP contribution is 2.38. The van der Waals surface area contributed by atoms with E-state index in [9.17, 15) is 0 Å². The molecule has 4 rings (SSSR count). The fraction of sp³-hybridized carbons (Fsp3) is 0.375. The van der Waals surface area contributed by atoms with Crippen LogP contribution in [0.1, 0.15) is 18.4 Å². The van der Waals surface area contributed by atoms with Gasteiger partial charge in [0.2, 0.25) is 0 Å². The maximum Gasteiger partial charge on any atom is 0.0520 e. The van der Waals surface area contributed by atoms with Crippen LogP contribution < -0.4 is 10.6 Å². The smallest absolute Gasteiger partial charge is 0.0520 e. The summed E-state index contributed by atoms with van der Waals surface area (Å²) in [5.74, 6) is 0.783. The van der Waals surface area contributed by atoms with Crippen LogP contribution in [0.3, 0.4) is 0 Å². The lowest BCUT2D eigenvalue weighted by Gasteiger charge is -2.38. The monoisotopic (exact) mass is 238 g/mol. The van der Waals surface area contributed by atoms with Crippen LogP contribution in [0.4, 0.5) is 5.69 Å². The van der Waals surface area contributed by atoms with E-state index in [2.05, 4.69) is 47.1 Å². The summed E-state index contributed by atoms with van der Waals surface area (Å²) in [4.78, 5) is 0. The van der Waals surface area contributed by atoms with Gasteiger partial charge in [0.05, 0.1) is 6.04 Å². The zero-order chi connectivity index (χ0) is 11.9. The molecule has 1 aromatic rings. The molecule has 0 spiro atoms. The Morgan fingerprint density at radius 2 is 2.06 bits per heavy atom. The molecular weight excluding hydrogens is 220 g/mol. The molecule has 1 aliphatic carbocycles. The molecule has 0 saturated carbocycles. The first-order valence-corrected chi connectivity index (χ1v) is 6.88.